The van der Waals surface area contributed by atoms with Crippen LogP contribution in [-0.2, 0) is 0 Å². The summed E-state index contributed by atoms with van der Waals surface area (Å²) < 4.78 is 16.4. The van der Waals surface area contributed by atoms with Crippen molar-refractivity contribution in [3.8, 4) is 17.2 Å². The minimum atomic E-state index is -0.121. The van der Waals surface area contributed by atoms with E-state index in [0.29, 0.717) is 17.1 Å². The highest BCUT2D eigenvalue weighted by atomic mass is 35.5. The second-order valence-electron chi connectivity index (χ2n) is 8.57. The number of methoxy groups -OCH3 is 1. The van der Waals surface area contributed by atoms with Crippen LogP contribution in [0.3, 0.4) is 0 Å². The van der Waals surface area contributed by atoms with Gasteiger partial charge >= 0.3 is 0 Å². The molecule has 7 nitrogen and oxygen atoms in total. The molecule has 2 heterocycles. The van der Waals surface area contributed by atoms with Crippen LogP contribution in [0.15, 0.2) is 66.7 Å². The van der Waals surface area contributed by atoms with Crippen molar-refractivity contribution in [2.75, 3.05) is 51.5 Å². The highest BCUT2D eigenvalue weighted by molar-refractivity contribution is 6.30. The van der Waals surface area contributed by atoms with Crippen molar-refractivity contribution in [2.45, 2.75) is 6.04 Å². The molecule has 2 aliphatic heterocycles. The van der Waals surface area contributed by atoms with Crippen LogP contribution in [0.1, 0.15) is 22.0 Å². The van der Waals surface area contributed by atoms with Gasteiger partial charge in [-0.05, 0) is 66.2 Å². The third-order valence-electron chi connectivity index (χ3n) is 6.54. The lowest BCUT2D eigenvalue weighted by atomic mass is 10.0. The molecule has 1 amide bonds. The van der Waals surface area contributed by atoms with Crippen LogP contribution >= 0.6 is 11.6 Å². The van der Waals surface area contributed by atoms with Gasteiger partial charge in [0.1, 0.15) is 5.75 Å². The third-order valence-corrected chi connectivity index (χ3v) is 6.79. The van der Waals surface area contributed by atoms with Crippen LogP contribution in [0.2, 0.25) is 5.02 Å². The quantitative estimate of drug-likeness (QED) is 0.527. The molecule has 5 rings (SSSR count). The normalized spacial score (nSPS) is 16.1. The fourth-order valence-electron chi connectivity index (χ4n) is 4.56. The molecule has 0 saturated carbocycles. The predicted octanol–water partition coefficient (Wildman–Crippen LogP) is 4.37. The van der Waals surface area contributed by atoms with E-state index in [1.54, 1.807) is 31.4 Å². The topological polar surface area (TPSA) is 63.3 Å². The number of nitrogens with zero attached hydrogens (tertiary/aromatic N) is 2. The highest BCUT2D eigenvalue weighted by Crippen LogP contribution is 2.36. The molecule has 3 aromatic rings. The molecule has 1 saturated heterocycles. The van der Waals surface area contributed by atoms with Gasteiger partial charge in [-0.1, -0.05) is 17.7 Å². The zero-order chi connectivity index (χ0) is 24.2. The van der Waals surface area contributed by atoms with Crippen molar-refractivity contribution in [3.05, 3.63) is 82.9 Å². The lowest BCUT2D eigenvalue weighted by Crippen LogP contribution is -2.50. The number of nitrogens with one attached hydrogen (secondary N) is 1. The number of carbonyl (C=O) groups excluding carboxylic acids is 1. The van der Waals surface area contributed by atoms with Crippen molar-refractivity contribution < 1.29 is 19.0 Å². The van der Waals surface area contributed by atoms with Crippen molar-refractivity contribution in [1.29, 1.82) is 0 Å². The third kappa shape index (κ3) is 5.31. The van der Waals surface area contributed by atoms with Crippen LogP contribution < -0.4 is 24.4 Å². The zero-order valence-corrected chi connectivity index (χ0v) is 20.3. The summed E-state index contributed by atoms with van der Waals surface area (Å²) in [7, 11) is 1.68. The molecular weight excluding hydrogens is 466 g/mol. The van der Waals surface area contributed by atoms with E-state index >= 15 is 0 Å². The van der Waals surface area contributed by atoms with Gasteiger partial charge in [0, 0.05) is 49.0 Å². The maximum Gasteiger partial charge on any atom is 0.251 e. The maximum absolute atomic E-state index is 12.8. The van der Waals surface area contributed by atoms with Gasteiger partial charge in [0.25, 0.3) is 5.91 Å². The first kappa shape index (κ1) is 23.3. The maximum atomic E-state index is 12.8. The van der Waals surface area contributed by atoms with Crippen LogP contribution in [-0.4, -0.2) is 57.4 Å². The predicted molar refractivity (Wildman–Crippen MR) is 136 cm³/mol. The van der Waals surface area contributed by atoms with Gasteiger partial charge in [-0.25, -0.2) is 0 Å². The number of hydrogen-bond acceptors (Lipinski definition) is 6. The number of halogens is 1. The van der Waals surface area contributed by atoms with Crippen LogP contribution in [0, 0.1) is 0 Å². The molecule has 1 N–H and O–H groups in total. The Balaban J connectivity index is 1.30. The fraction of sp³-hybridized carbons (Fsp3) is 0.296. The summed E-state index contributed by atoms with van der Waals surface area (Å²) >= 11 is 5.97. The smallest absolute Gasteiger partial charge is 0.251 e. The Kier molecular flexibility index (Phi) is 6.97. The number of piperazine rings is 1. The average molecular weight is 494 g/mol. The summed E-state index contributed by atoms with van der Waals surface area (Å²) in [5.41, 5.74) is 2.85. The number of carbonyl (C=O) groups is 1. The molecule has 1 atom stereocenters. The lowest BCUT2D eigenvalue weighted by Gasteiger charge is -2.40. The summed E-state index contributed by atoms with van der Waals surface area (Å²) in [4.78, 5) is 17.6. The molecule has 0 spiro atoms. The number of benzene rings is 3. The molecule has 0 radical (unpaired) electrons. The summed E-state index contributed by atoms with van der Waals surface area (Å²) in [6, 6.07) is 21.1. The molecule has 182 valence electrons. The van der Waals surface area contributed by atoms with E-state index < -0.39 is 0 Å². The number of hydrogen-bond donors (Lipinski definition) is 1. The number of fused-ring (bicyclic) bond motifs is 1. The number of anilines is 1. The number of ether oxygens (including phenoxy) is 3. The second-order valence-corrected chi connectivity index (χ2v) is 9.00. The number of amides is 1. The van der Waals surface area contributed by atoms with E-state index in [4.69, 9.17) is 25.8 Å². The summed E-state index contributed by atoms with van der Waals surface area (Å²) in [5, 5.41) is 3.72. The first-order valence-corrected chi connectivity index (χ1v) is 12.0. The Bertz CT molecular complexity index is 1160. The van der Waals surface area contributed by atoms with Crippen molar-refractivity contribution in [2.24, 2.45) is 0 Å². The monoisotopic (exact) mass is 493 g/mol. The van der Waals surface area contributed by atoms with Gasteiger partial charge in [-0.3, -0.25) is 9.69 Å². The first-order chi connectivity index (χ1) is 17.1. The van der Waals surface area contributed by atoms with Gasteiger partial charge in [-0.15, -0.1) is 0 Å². The average Bonchev–Trinajstić information content (AvgIpc) is 3.38. The van der Waals surface area contributed by atoms with E-state index in [1.807, 2.05) is 24.3 Å². The lowest BCUT2D eigenvalue weighted by molar-refractivity contribution is 0.0930. The molecule has 8 heteroatoms. The Morgan fingerprint density at radius 1 is 0.971 bits per heavy atom. The van der Waals surface area contributed by atoms with E-state index in [2.05, 4.69) is 33.3 Å². The molecule has 1 fully saturated rings. The van der Waals surface area contributed by atoms with E-state index in [0.717, 1.165) is 49.0 Å². The van der Waals surface area contributed by atoms with Crippen molar-refractivity contribution in [1.82, 2.24) is 10.2 Å². The molecule has 35 heavy (non-hydrogen) atoms. The standard InChI is InChI=1S/C27H28ClN3O4/c1-33-23-9-7-22(8-10-23)30-12-14-31(15-13-30)24(20-4-11-25-26(16-20)35-18-34-25)17-29-27(32)19-2-5-21(28)6-3-19/h2-11,16,24H,12-15,17-18H2,1H3,(H,29,32)/t24-/m1/s1. The minimum Gasteiger partial charge on any atom is -0.497 e. The molecule has 3 aromatic carbocycles. The first-order valence-electron chi connectivity index (χ1n) is 11.7. The molecule has 0 aromatic heterocycles. The van der Waals surface area contributed by atoms with Gasteiger partial charge in [0.2, 0.25) is 6.79 Å². The van der Waals surface area contributed by atoms with Crippen molar-refractivity contribution >= 4 is 23.2 Å². The second kappa shape index (κ2) is 10.5. The van der Waals surface area contributed by atoms with E-state index in [1.165, 1.54) is 5.69 Å². The Hall–Kier alpha value is -3.42. The summed E-state index contributed by atoms with van der Waals surface area (Å²) in [6.07, 6.45) is 0. The molecule has 0 unspecified atom stereocenters. The summed E-state index contributed by atoms with van der Waals surface area (Å²) in [6.45, 7) is 4.21. The summed E-state index contributed by atoms with van der Waals surface area (Å²) in [5.74, 6) is 2.23. The molecular formula is C27H28ClN3O4. The van der Waals surface area contributed by atoms with Crippen LogP contribution in [0.5, 0.6) is 17.2 Å². The van der Waals surface area contributed by atoms with Gasteiger partial charge in [0.15, 0.2) is 11.5 Å². The van der Waals surface area contributed by atoms with Gasteiger partial charge < -0.3 is 24.4 Å². The minimum absolute atomic E-state index is 0.00114. The Morgan fingerprint density at radius 3 is 2.40 bits per heavy atom. The zero-order valence-electron chi connectivity index (χ0n) is 19.6. The van der Waals surface area contributed by atoms with Crippen molar-refractivity contribution in [3.63, 3.8) is 0 Å². The fourth-order valence-corrected chi connectivity index (χ4v) is 4.68. The molecule has 0 bridgehead atoms. The Labute approximate surface area is 210 Å². The van der Waals surface area contributed by atoms with Crippen LogP contribution in [0.25, 0.3) is 0 Å². The van der Waals surface area contributed by atoms with Crippen LogP contribution in [0.4, 0.5) is 5.69 Å². The Morgan fingerprint density at radius 2 is 1.69 bits per heavy atom. The van der Waals surface area contributed by atoms with E-state index in [9.17, 15) is 4.79 Å². The van der Waals surface area contributed by atoms with Gasteiger partial charge in [-0.2, -0.15) is 0 Å². The molecule has 2 aliphatic rings. The van der Waals surface area contributed by atoms with Gasteiger partial charge in [0.05, 0.1) is 13.2 Å². The largest absolute Gasteiger partial charge is 0.497 e. The molecule has 0 aliphatic carbocycles. The number of rotatable bonds is 7. The van der Waals surface area contributed by atoms with E-state index in [-0.39, 0.29) is 18.7 Å². The highest BCUT2D eigenvalue weighted by Gasteiger charge is 2.27. The SMILES string of the molecule is COc1ccc(N2CCN([C@H](CNC(=O)c3ccc(Cl)cc3)c3ccc4c(c3)OCO4)CC2)cc1.